The second-order valence-electron chi connectivity index (χ2n) is 8.14. The van der Waals surface area contributed by atoms with Crippen molar-refractivity contribution in [2.75, 3.05) is 18.4 Å². The van der Waals surface area contributed by atoms with Crippen molar-refractivity contribution in [3.8, 4) is 0 Å². The summed E-state index contributed by atoms with van der Waals surface area (Å²) >= 11 is 4.40. The average Bonchev–Trinajstić information content (AvgIpc) is 3.25. The highest BCUT2D eigenvalue weighted by Crippen LogP contribution is 2.30. The van der Waals surface area contributed by atoms with Crippen LogP contribution < -0.4 is 10.6 Å². The predicted octanol–water partition coefficient (Wildman–Crippen LogP) is 2.35. The van der Waals surface area contributed by atoms with E-state index in [-0.39, 0.29) is 35.2 Å². The van der Waals surface area contributed by atoms with Gasteiger partial charge in [0.1, 0.15) is 6.04 Å². The third-order valence-electron chi connectivity index (χ3n) is 5.70. The number of nitrogens with zero attached hydrogens (tertiary/aromatic N) is 1. The van der Waals surface area contributed by atoms with Gasteiger partial charge in [-0.05, 0) is 53.6 Å². The van der Waals surface area contributed by atoms with Gasteiger partial charge in [0.15, 0.2) is 0 Å². The zero-order chi connectivity index (χ0) is 25.2. The lowest BCUT2D eigenvalue weighted by Crippen LogP contribution is -2.47. The van der Waals surface area contributed by atoms with Gasteiger partial charge in [-0.1, -0.05) is 30.3 Å². The summed E-state index contributed by atoms with van der Waals surface area (Å²) in [7, 11) is -3.98. The van der Waals surface area contributed by atoms with Crippen molar-refractivity contribution in [3.63, 3.8) is 0 Å². The molecule has 1 heterocycles. The summed E-state index contributed by atoms with van der Waals surface area (Å²) in [6.45, 7) is -0.310. The minimum absolute atomic E-state index is 0.0679. The number of fused-ring (bicyclic) bond motifs is 1. The normalized spacial score (nSPS) is 18.3. The number of carboxylic acid groups (broad SMARTS) is 1. The number of amides is 2. The summed E-state index contributed by atoms with van der Waals surface area (Å²) in [5.41, 5.74) is 0.442. The molecule has 0 aromatic heterocycles. The molecule has 3 aromatic rings. The molecule has 0 spiro atoms. The number of carbonyl (C=O) groups excluding carboxylic acids is 2. The predicted molar refractivity (Wildman–Crippen MR) is 134 cm³/mol. The molecule has 11 heteroatoms. The van der Waals surface area contributed by atoms with Crippen LogP contribution in [0.15, 0.2) is 71.6 Å². The van der Waals surface area contributed by atoms with Gasteiger partial charge in [0, 0.05) is 17.5 Å². The Labute approximate surface area is 207 Å². The quantitative estimate of drug-likeness (QED) is 0.359. The molecule has 182 valence electrons. The highest BCUT2D eigenvalue weighted by molar-refractivity contribution is 7.89. The summed E-state index contributed by atoms with van der Waals surface area (Å²) in [6, 6.07) is 16.8. The van der Waals surface area contributed by atoms with Crippen LogP contribution in [0.5, 0.6) is 0 Å². The van der Waals surface area contributed by atoms with E-state index in [0.717, 1.165) is 15.1 Å². The third-order valence-corrected chi connectivity index (χ3v) is 7.95. The number of hydrogen-bond acceptors (Lipinski definition) is 6. The van der Waals surface area contributed by atoms with E-state index in [4.69, 9.17) is 5.11 Å². The van der Waals surface area contributed by atoms with Crippen LogP contribution in [0.2, 0.25) is 0 Å². The molecule has 2 atom stereocenters. The lowest BCUT2D eigenvalue weighted by Gasteiger charge is -2.23. The smallest absolute Gasteiger partial charge is 0.335 e. The molecule has 3 N–H and O–H groups in total. The van der Waals surface area contributed by atoms with Gasteiger partial charge >= 0.3 is 5.97 Å². The number of rotatable bonds is 7. The third kappa shape index (κ3) is 5.47. The van der Waals surface area contributed by atoms with Crippen LogP contribution in [0.4, 0.5) is 5.69 Å². The van der Waals surface area contributed by atoms with E-state index in [2.05, 4.69) is 23.3 Å². The largest absolute Gasteiger partial charge is 0.478 e. The monoisotopic (exact) mass is 513 g/mol. The van der Waals surface area contributed by atoms with Crippen molar-refractivity contribution in [2.24, 2.45) is 0 Å². The molecule has 0 bridgehead atoms. The van der Waals surface area contributed by atoms with Gasteiger partial charge in [0.2, 0.25) is 21.8 Å². The molecular formula is C24H23N3O6S2. The second kappa shape index (κ2) is 10.1. The highest BCUT2D eigenvalue weighted by atomic mass is 32.2. The fourth-order valence-electron chi connectivity index (χ4n) is 3.94. The Morgan fingerprint density at radius 1 is 1.00 bits per heavy atom. The molecule has 0 saturated carbocycles. The number of anilines is 1. The molecule has 3 aromatic carbocycles. The van der Waals surface area contributed by atoms with E-state index >= 15 is 0 Å². The maximum absolute atomic E-state index is 13.4. The molecule has 35 heavy (non-hydrogen) atoms. The van der Waals surface area contributed by atoms with Crippen molar-refractivity contribution < 1.29 is 27.9 Å². The SMILES string of the molecule is O=C(CNC(=O)[C@@H]1C[C@@H](S)CN1S(=O)(=O)c1ccc2ccccc2c1)Nc1ccc(C(=O)O)cc1. The zero-order valence-electron chi connectivity index (χ0n) is 18.4. The van der Waals surface area contributed by atoms with Crippen LogP contribution in [0.1, 0.15) is 16.8 Å². The average molecular weight is 514 g/mol. The molecule has 9 nitrogen and oxygen atoms in total. The minimum Gasteiger partial charge on any atom is -0.478 e. The number of carbonyl (C=O) groups is 3. The van der Waals surface area contributed by atoms with Gasteiger partial charge in [-0.3, -0.25) is 9.59 Å². The van der Waals surface area contributed by atoms with Crippen LogP contribution >= 0.6 is 12.6 Å². The van der Waals surface area contributed by atoms with Gasteiger partial charge in [0.05, 0.1) is 17.0 Å². The fourth-order valence-corrected chi connectivity index (χ4v) is 6.10. The number of aromatic carboxylic acids is 1. The maximum Gasteiger partial charge on any atom is 0.335 e. The number of benzene rings is 3. The van der Waals surface area contributed by atoms with Gasteiger partial charge in [-0.2, -0.15) is 16.9 Å². The molecule has 2 amide bonds. The van der Waals surface area contributed by atoms with Crippen molar-refractivity contribution in [1.29, 1.82) is 0 Å². The number of carboxylic acids is 1. The summed E-state index contributed by atoms with van der Waals surface area (Å²) < 4.78 is 27.9. The Balaban J connectivity index is 1.43. The lowest BCUT2D eigenvalue weighted by atomic mass is 10.1. The first-order valence-electron chi connectivity index (χ1n) is 10.7. The van der Waals surface area contributed by atoms with E-state index < -0.39 is 33.8 Å². The zero-order valence-corrected chi connectivity index (χ0v) is 20.1. The Kier molecular flexibility index (Phi) is 7.10. The molecule has 1 aliphatic heterocycles. The van der Waals surface area contributed by atoms with Gasteiger partial charge < -0.3 is 15.7 Å². The van der Waals surface area contributed by atoms with Crippen LogP contribution in [-0.2, 0) is 19.6 Å². The molecule has 1 aliphatic rings. The Hall–Kier alpha value is -3.41. The van der Waals surface area contributed by atoms with E-state index in [0.29, 0.717) is 5.69 Å². The fraction of sp³-hybridized carbons (Fsp3) is 0.208. The number of sulfonamides is 1. The van der Waals surface area contributed by atoms with Crippen LogP contribution in [0, 0.1) is 0 Å². The Bertz CT molecular complexity index is 1390. The highest BCUT2D eigenvalue weighted by Gasteiger charge is 2.43. The summed E-state index contributed by atoms with van der Waals surface area (Å²) in [4.78, 5) is 36.1. The van der Waals surface area contributed by atoms with Crippen LogP contribution in [-0.4, -0.2) is 60.0 Å². The second-order valence-corrected chi connectivity index (χ2v) is 10.8. The van der Waals surface area contributed by atoms with E-state index in [1.54, 1.807) is 12.1 Å². The molecule has 0 aliphatic carbocycles. The van der Waals surface area contributed by atoms with Crippen molar-refractivity contribution >= 4 is 56.9 Å². The summed E-state index contributed by atoms with van der Waals surface area (Å²) in [6.07, 6.45) is 0.208. The van der Waals surface area contributed by atoms with E-state index in [1.165, 1.54) is 30.3 Å². The Morgan fingerprint density at radius 2 is 1.69 bits per heavy atom. The molecule has 1 saturated heterocycles. The lowest BCUT2D eigenvalue weighted by molar-refractivity contribution is -0.126. The van der Waals surface area contributed by atoms with Gasteiger partial charge in [0.25, 0.3) is 0 Å². The van der Waals surface area contributed by atoms with Gasteiger partial charge in [-0.15, -0.1) is 0 Å². The van der Waals surface area contributed by atoms with Crippen LogP contribution in [0.3, 0.4) is 0 Å². The summed E-state index contributed by atoms with van der Waals surface area (Å²) in [5.74, 6) is -2.22. The topological polar surface area (TPSA) is 133 Å². The molecule has 4 rings (SSSR count). The summed E-state index contributed by atoms with van der Waals surface area (Å²) in [5, 5.41) is 15.3. The minimum atomic E-state index is -3.98. The van der Waals surface area contributed by atoms with E-state index in [9.17, 15) is 22.8 Å². The van der Waals surface area contributed by atoms with Crippen molar-refractivity contribution in [3.05, 3.63) is 72.3 Å². The molecular weight excluding hydrogens is 490 g/mol. The van der Waals surface area contributed by atoms with Crippen molar-refractivity contribution in [1.82, 2.24) is 9.62 Å². The first-order chi connectivity index (χ1) is 16.6. The van der Waals surface area contributed by atoms with E-state index in [1.807, 2.05) is 24.3 Å². The number of nitrogens with one attached hydrogen (secondary N) is 2. The number of thiol groups is 1. The Morgan fingerprint density at radius 3 is 2.37 bits per heavy atom. The van der Waals surface area contributed by atoms with Gasteiger partial charge in [-0.25, -0.2) is 13.2 Å². The van der Waals surface area contributed by atoms with Crippen molar-refractivity contribution in [2.45, 2.75) is 22.6 Å². The molecule has 0 unspecified atom stereocenters. The van der Waals surface area contributed by atoms with Crippen LogP contribution in [0.25, 0.3) is 10.8 Å². The number of hydrogen-bond donors (Lipinski definition) is 4. The first kappa shape index (κ1) is 24.7. The first-order valence-corrected chi connectivity index (χ1v) is 12.7. The maximum atomic E-state index is 13.4. The molecule has 1 fully saturated rings. The molecule has 0 radical (unpaired) electrons. The standard InChI is InChI=1S/C24H23N3O6S2/c28-22(26-18-8-5-16(6-9-18)24(30)31)13-25-23(29)21-12-19(34)14-27(21)35(32,33)20-10-7-15-3-1-2-4-17(15)11-20/h1-11,19,21,34H,12-14H2,(H,25,29)(H,26,28)(H,30,31)/t19-,21+/m1/s1.